The molecule has 0 saturated heterocycles. The van der Waals surface area contributed by atoms with Crippen LogP contribution in [0, 0.1) is 0 Å². The first-order chi connectivity index (χ1) is 8.78. The van der Waals surface area contributed by atoms with E-state index in [-0.39, 0.29) is 0 Å². The summed E-state index contributed by atoms with van der Waals surface area (Å²) in [5.41, 5.74) is 0. The molecule has 0 atom stereocenters. The molecule has 0 rings (SSSR count). The Morgan fingerprint density at radius 2 is 1.17 bits per heavy atom. The molecule has 4 N–H and O–H groups in total. The summed E-state index contributed by atoms with van der Waals surface area (Å²) in [6.45, 7) is 12.3. The number of thioether (sulfide) groups is 2. The molecule has 0 aromatic heterocycles. The molecule has 0 unspecified atom stereocenters. The molecule has 0 spiro atoms. The van der Waals surface area contributed by atoms with Gasteiger partial charge < -0.3 is 0 Å². The second kappa shape index (κ2) is 13.1. The Balaban J connectivity index is 3.88. The summed E-state index contributed by atoms with van der Waals surface area (Å²) in [4.78, 5) is 6.69. The maximum absolute atomic E-state index is 3.34. The van der Waals surface area contributed by atoms with E-state index in [2.05, 4.69) is 48.3 Å². The van der Waals surface area contributed by atoms with E-state index in [1.807, 2.05) is 23.5 Å². The lowest BCUT2D eigenvalue weighted by molar-refractivity contribution is -0.451. The lowest BCUT2D eigenvalue weighted by Gasteiger charge is -2.02. The van der Waals surface area contributed by atoms with Crippen LogP contribution in [0.25, 0.3) is 0 Å². The van der Waals surface area contributed by atoms with E-state index in [0.29, 0.717) is 0 Å². The van der Waals surface area contributed by atoms with Crippen molar-refractivity contribution in [3.05, 3.63) is 0 Å². The van der Waals surface area contributed by atoms with Crippen LogP contribution in [0.1, 0.15) is 27.7 Å². The van der Waals surface area contributed by atoms with Crippen molar-refractivity contribution in [3.63, 3.8) is 0 Å². The summed E-state index contributed by atoms with van der Waals surface area (Å²) in [6.07, 6.45) is 0. The number of nitrogens with one attached hydrogen (secondary N) is 4. The Morgan fingerprint density at radius 3 is 1.44 bits per heavy atom. The lowest BCUT2D eigenvalue weighted by atomic mass is 10.7. The fourth-order valence-corrected chi connectivity index (χ4v) is 3.32. The topological polar surface area (TPSA) is 52.0 Å². The second-order valence-electron chi connectivity index (χ2n) is 3.48. The van der Waals surface area contributed by atoms with Crippen LogP contribution in [0.5, 0.6) is 0 Å². The molecule has 106 valence electrons. The lowest BCUT2D eigenvalue weighted by Crippen LogP contribution is -2.74. The number of hydrogen-bond acceptors (Lipinski definition) is 2. The summed E-state index contributed by atoms with van der Waals surface area (Å²) in [5, 5.41) is 9.06. The van der Waals surface area contributed by atoms with E-state index in [9.17, 15) is 0 Å². The molecule has 0 aromatic rings. The van der Waals surface area contributed by atoms with E-state index in [4.69, 9.17) is 0 Å². The van der Waals surface area contributed by atoms with Gasteiger partial charge in [0, 0.05) is 11.5 Å². The van der Waals surface area contributed by atoms with E-state index in [0.717, 1.165) is 37.7 Å². The molecule has 6 heteroatoms. The fraction of sp³-hybridized carbons (Fsp3) is 0.833. The van der Waals surface area contributed by atoms with Gasteiger partial charge in [-0.05, 0) is 51.2 Å². The average Bonchev–Trinajstić information content (AvgIpc) is 2.35. The van der Waals surface area contributed by atoms with E-state index >= 15 is 0 Å². The van der Waals surface area contributed by atoms with Gasteiger partial charge in [-0.2, -0.15) is 0 Å². The molecule has 0 fully saturated rings. The molecule has 0 heterocycles. The zero-order chi connectivity index (χ0) is 13.6. The van der Waals surface area contributed by atoms with Crippen LogP contribution in [0.2, 0.25) is 0 Å². The molecule has 0 bridgehead atoms. The van der Waals surface area contributed by atoms with Gasteiger partial charge in [0.25, 0.3) is 0 Å². The summed E-state index contributed by atoms with van der Waals surface area (Å²) in [6, 6.07) is 0. The van der Waals surface area contributed by atoms with Crippen LogP contribution < -0.4 is 20.6 Å². The maximum atomic E-state index is 3.34. The van der Waals surface area contributed by atoms with Gasteiger partial charge in [-0.1, -0.05) is 0 Å². The van der Waals surface area contributed by atoms with Crippen LogP contribution >= 0.6 is 23.5 Å². The van der Waals surface area contributed by atoms with Crippen LogP contribution in [0.15, 0.2) is 0 Å². The van der Waals surface area contributed by atoms with Crippen LogP contribution in [0.3, 0.4) is 0 Å². The zero-order valence-corrected chi connectivity index (χ0v) is 13.7. The predicted molar refractivity (Wildman–Crippen MR) is 85.3 cm³/mol. The van der Waals surface area contributed by atoms with Crippen molar-refractivity contribution in [2.45, 2.75) is 27.7 Å². The molecule has 0 amide bonds. The van der Waals surface area contributed by atoms with E-state index in [1.54, 1.807) is 0 Å². The highest BCUT2D eigenvalue weighted by Crippen LogP contribution is 2.05. The molecule has 0 aliphatic heterocycles. The Bertz CT molecular complexity index is 228. The number of hydrogen-bond donors (Lipinski definition) is 4. The Labute approximate surface area is 120 Å². The first-order valence-corrected chi connectivity index (χ1v) is 8.70. The molecular formula is C12H28N4S2+2. The number of rotatable bonds is 7. The fourth-order valence-electron chi connectivity index (χ4n) is 1.26. The monoisotopic (exact) mass is 292 g/mol. The number of amidine groups is 2. The molecule has 0 aromatic carbocycles. The summed E-state index contributed by atoms with van der Waals surface area (Å²) >= 11 is 3.71. The van der Waals surface area contributed by atoms with Gasteiger partial charge >= 0.3 is 10.3 Å². The highest BCUT2D eigenvalue weighted by molar-refractivity contribution is 8.16. The first-order valence-electron chi connectivity index (χ1n) is 6.73. The SMILES string of the molecule is CCNC(=[NH+]CC)SCCSC(NCC)=[NH+]CC. The molecule has 4 nitrogen and oxygen atoms in total. The highest BCUT2D eigenvalue weighted by atomic mass is 32.2. The summed E-state index contributed by atoms with van der Waals surface area (Å²) in [5.74, 6) is 2.20. The largest absolute Gasteiger partial charge is 0.304 e. The first kappa shape index (κ1) is 17.6. The average molecular weight is 293 g/mol. The van der Waals surface area contributed by atoms with E-state index in [1.165, 1.54) is 10.3 Å². The van der Waals surface area contributed by atoms with Crippen molar-refractivity contribution < 1.29 is 9.98 Å². The van der Waals surface area contributed by atoms with Crippen LogP contribution in [0.4, 0.5) is 0 Å². The summed E-state index contributed by atoms with van der Waals surface area (Å²) < 4.78 is 0. The van der Waals surface area contributed by atoms with Gasteiger partial charge in [-0.3, -0.25) is 20.6 Å². The second-order valence-corrected chi connectivity index (χ2v) is 5.69. The van der Waals surface area contributed by atoms with Gasteiger partial charge in [0.15, 0.2) is 0 Å². The van der Waals surface area contributed by atoms with Gasteiger partial charge in [-0.25, -0.2) is 0 Å². The maximum Gasteiger partial charge on any atom is 0.304 e. The van der Waals surface area contributed by atoms with Gasteiger partial charge in [0.1, 0.15) is 0 Å². The van der Waals surface area contributed by atoms with Crippen molar-refractivity contribution in [2.24, 2.45) is 0 Å². The quantitative estimate of drug-likeness (QED) is 0.264. The highest BCUT2D eigenvalue weighted by Gasteiger charge is 2.08. The van der Waals surface area contributed by atoms with E-state index < -0.39 is 0 Å². The van der Waals surface area contributed by atoms with Gasteiger partial charge in [0.05, 0.1) is 26.2 Å². The normalized spacial score (nSPS) is 12.7. The Hall–Kier alpha value is -0.360. The standard InChI is InChI=1S/C12H26N4S2/c1-5-13-11(14-6-2)17-9-10-18-12(15-7-3)16-8-4/h5-10H2,1-4H3,(H,13,14)(H,15,16)/p+2. The van der Waals surface area contributed by atoms with Crippen molar-refractivity contribution in [3.8, 4) is 0 Å². The van der Waals surface area contributed by atoms with Gasteiger partial charge in [0.2, 0.25) is 0 Å². The van der Waals surface area contributed by atoms with Crippen molar-refractivity contribution in [2.75, 3.05) is 37.7 Å². The van der Waals surface area contributed by atoms with Crippen molar-refractivity contribution in [1.29, 1.82) is 0 Å². The molecule has 0 radical (unpaired) electrons. The molecule has 18 heavy (non-hydrogen) atoms. The third-order valence-corrected chi connectivity index (χ3v) is 4.16. The minimum absolute atomic E-state index is 0.967. The van der Waals surface area contributed by atoms with Crippen molar-refractivity contribution >= 4 is 33.9 Å². The van der Waals surface area contributed by atoms with Gasteiger partial charge in [-0.15, -0.1) is 0 Å². The minimum Gasteiger partial charge on any atom is -0.269 e. The van der Waals surface area contributed by atoms with Crippen LogP contribution in [-0.2, 0) is 0 Å². The molecule has 0 aliphatic carbocycles. The Morgan fingerprint density at radius 1 is 0.778 bits per heavy atom. The molecule has 0 aliphatic rings. The third kappa shape index (κ3) is 9.65. The summed E-state index contributed by atoms with van der Waals surface area (Å²) in [7, 11) is 0. The molecule has 0 saturated carbocycles. The van der Waals surface area contributed by atoms with Crippen LogP contribution in [-0.4, -0.2) is 48.0 Å². The Kier molecular flexibility index (Phi) is 12.8. The van der Waals surface area contributed by atoms with Crippen molar-refractivity contribution in [1.82, 2.24) is 10.6 Å². The molecular weight excluding hydrogens is 264 g/mol. The smallest absolute Gasteiger partial charge is 0.269 e. The minimum atomic E-state index is 0.967. The predicted octanol–water partition coefficient (Wildman–Crippen LogP) is -1.42. The third-order valence-electron chi connectivity index (χ3n) is 1.93. The zero-order valence-electron chi connectivity index (χ0n) is 12.1.